The van der Waals surface area contributed by atoms with Crippen molar-refractivity contribution in [1.29, 1.82) is 0 Å². The molecule has 0 saturated heterocycles. The Hall–Kier alpha value is -0.0500. The largest absolute Gasteiger partial charge is 0.481 e. The van der Waals surface area contributed by atoms with Gasteiger partial charge < -0.3 is 5.11 Å². The van der Waals surface area contributed by atoms with Crippen molar-refractivity contribution < 1.29 is 9.90 Å². The average molecular weight is 251 g/mol. The molecule has 3 heteroatoms. The van der Waals surface area contributed by atoms with Gasteiger partial charge in [-0.3, -0.25) is 4.79 Å². The van der Waals surface area contributed by atoms with Gasteiger partial charge in [0, 0.05) is 11.8 Å². The molecule has 0 fully saturated rings. The lowest BCUT2D eigenvalue weighted by atomic mass is 9.84. The summed E-state index contributed by atoms with van der Waals surface area (Å²) in [4.78, 5) is 10.2. The Morgan fingerprint density at radius 1 is 1.31 bits per heavy atom. The minimum absolute atomic E-state index is 0.310. The Morgan fingerprint density at radius 3 is 2.38 bits per heavy atom. The molecule has 0 aromatic heterocycles. The van der Waals surface area contributed by atoms with Crippen LogP contribution in [0.5, 0.6) is 0 Å². The average Bonchev–Trinajstić information content (AvgIpc) is 1.98. The van der Waals surface area contributed by atoms with Gasteiger partial charge in [-0.25, -0.2) is 0 Å². The van der Waals surface area contributed by atoms with E-state index in [4.69, 9.17) is 5.11 Å². The van der Waals surface area contributed by atoms with Crippen LogP contribution in [0.4, 0.5) is 0 Å². The second-order valence-corrected chi connectivity index (χ2v) is 5.00. The number of halogens is 1. The summed E-state index contributed by atoms with van der Waals surface area (Å²) in [6.07, 6.45) is 4.41. The molecule has 0 aliphatic carbocycles. The lowest BCUT2D eigenvalue weighted by molar-refractivity contribution is -0.137. The summed E-state index contributed by atoms with van der Waals surface area (Å²) in [5.41, 5.74) is 0.349. The Bertz CT molecular complexity index is 155. The molecule has 0 unspecified atom stereocenters. The highest BCUT2D eigenvalue weighted by atomic mass is 79.9. The van der Waals surface area contributed by atoms with Crippen molar-refractivity contribution in [1.82, 2.24) is 0 Å². The van der Waals surface area contributed by atoms with Crippen LogP contribution in [-0.4, -0.2) is 16.4 Å². The first-order valence-electron chi connectivity index (χ1n) is 4.76. The summed E-state index contributed by atoms with van der Waals surface area (Å²) in [5.74, 6) is -0.682. The van der Waals surface area contributed by atoms with E-state index in [1.165, 1.54) is 0 Å². The van der Waals surface area contributed by atoms with Gasteiger partial charge in [0.2, 0.25) is 0 Å². The standard InChI is InChI=1S/C10H19BrO2/c1-10(2,7-8-11)6-4-3-5-9(12)13/h3-8H2,1-2H3,(H,12,13). The number of hydrogen-bond acceptors (Lipinski definition) is 1. The minimum atomic E-state index is -0.682. The Kier molecular flexibility index (Phi) is 6.39. The second-order valence-electron chi connectivity index (χ2n) is 4.20. The van der Waals surface area contributed by atoms with Crippen molar-refractivity contribution in [3.8, 4) is 0 Å². The van der Waals surface area contributed by atoms with Crippen molar-refractivity contribution in [2.45, 2.75) is 46.0 Å². The number of aliphatic carboxylic acids is 1. The molecule has 0 spiro atoms. The maximum absolute atomic E-state index is 10.2. The summed E-state index contributed by atoms with van der Waals surface area (Å²) in [6, 6.07) is 0. The van der Waals surface area contributed by atoms with Crippen LogP contribution < -0.4 is 0 Å². The molecule has 0 rings (SSSR count). The van der Waals surface area contributed by atoms with Gasteiger partial charge in [0.1, 0.15) is 0 Å². The predicted molar refractivity (Wildman–Crippen MR) is 58.3 cm³/mol. The molecule has 1 N–H and O–H groups in total. The van der Waals surface area contributed by atoms with Crippen LogP contribution in [-0.2, 0) is 4.79 Å². The topological polar surface area (TPSA) is 37.3 Å². The lowest BCUT2D eigenvalue weighted by Crippen LogP contribution is -2.11. The van der Waals surface area contributed by atoms with Crippen LogP contribution in [0.1, 0.15) is 46.0 Å². The van der Waals surface area contributed by atoms with E-state index >= 15 is 0 Å². The molecule has 0 aromatic rings. The van der Waals surface area contributed by atoms with E-state index in [1.807, 2.05) is 0 Å². The van der Waals surface area contributed by atoms with Gasteiger partial charge in [-0.05, 0) is 24.7 Å². The Labute approximate surface area is 88.8 Å². The van der Waals surface area contributed by atoms with E-state index < -0.39 is 5.97 Å². The number of carbonyl (C=O) groups is 1. The molecule has 0 aliphatic heterocycles. The molecule has 0 radical (unpaired) electrons. The van der Waals surface area contributed by atoms with Crippen LogP contribution in [0, 0.1) is 5.41 Å². The van der Waals surface area contributed by atoms with Gasteiger partial charge >= 0.3 is 5.97 Å². The third-order valence-corrected chi connectivity index (χ3v) is 2.66. The van der Waals surface area contributed by atoms with E-state index in [0.717, 1.165) is 31.0 Å². The molecule has 0 bridgehead atoms. The third-order valence-electron chi connectivity index (χ3n) is 2.27. The maximum Gasteiger partial charge on any atom is 0.303 e. The number of carboxylic acids is 1. The third kappa shape index (κ3) is 8.28. The monoisotopic (exact) mass is 250 g/mol. The fourth-order valence-electron chi connectivity index (χ4n) is 1.26. The summed E-state index contributed by atoms with van der Waals surface area (Å²) >= 11 is 3.42. The molecule has 13 heavy (non-hydrogen) atoms. The molecule has 0 aromatic carbocycles. The fraction of sp³-hybridized carbons (Fsp3) is 0.900. The van der Waals surface area contributed by atoms with Crippen LogP contribution in [0.15, 0.2) is 0 Å². The van der Waals surface area contributed by atoms with Gasteiger partial charge in [-0.1, -0.05) is 36.2 Å². The van der Waals surface area contributed by atoms with E-state index in [-0.39, 0.29) is 0 Å². The van der Waals surface area contributed by atoms with Crippen molar-refractivity contribution in [2.24, 2.45) is 5.41 Å². The van der Waals surface area contributed by atoms with Gasteiger partial charge in [0.25, 0.3) is 0 Å². The Morgan fingerprint density at radius 2 is 1.92 bits per heavy atom. The normalized spacial score (nSPS) is 11.6. The molecule has 0 heterocycles. The minimum Gasteiger partial charge on any atom is -0.481 e. The lowest BCUT2D eigenvalue weighted by Gasteiger charge is -2.23. The number of unbranched alkanes of at least 4 members (excludes halogenated alkanes) is 1. The van der Waals surface area contributed by atoms with E-state index in [2.05, 4.69) is 29.8 Å². The van der Waals surface area contributed by atoms with Crippen LogP contribution in [0.25, 0.3) is 0 Å². The van der Waals surface area contributed by atoms with E-state index in [0.29, 0.717) is 11.8 Å². The summed E-state index contributed by atoms with van der Waals surface area (Å²) in [6.45, 7) is 4.46. The quantitative estimate of drug-likeness (QED) is 0.555. The van der Waals surface area contributed by atoms with Crippen LogP contribution >= 0.6 is 15.9 Å². The van der Waals surface area contributed by atoms with Crippen molar-refractivity contribution in [2.75, 3.05) is 5.33 Å². The molecule has 0 amide bonds. The highest BCUT2D eigenvalue weighted by Crippen LogP contribution is 2.28. The number of rotatable bonds is 7. The zero-order valence-corrected chi connectivity index (χ0v) is 10.1. The molecule has 0 aliphatic rings. The van der Waals surface area contributed by atoms with Crippen molar-refractivity contribution in [3.05, 3.63) is 0 Å². The number of hydrogen-bond donors (Lipinski definition) is 1. The molecular weight excluding hydrogens is 232 g/mol. The summed E-state index contributed by atoms with van der Waals surface area (Å²) < 4.78 is 0. The van der Waals surface area contributed by atoms with Crippen LogP contribution in [0.2, 0.25) is 0 Å². The molecular formula is C10H19BrO2. The van der Waals surface area contributed by atoms with E-state index in [1.54, 1.807) is 0 Å². The smallest absolute Gasteiger partial charge is 0.303 e. The highest BCUT2D eigenvalue weighted by molar-refractivity contribution is 9.09. The molecule has 0 saturated carbocycles. The second kappa shape index (κ2) is 6.41. The first-order chi connectivity index (χ1) is 5.98. The number of alkyl halides is 1. The SMILES string of the molecule is CC(C)(CCBr)CCCCC(=O)O. The zero-order valence-electron chi connectivity index (χ0n) is 8.48. The van der Waals surface area contributed by atoms with Crippen molar-refractivity contribution >= 4 is 21.9 Å². The van der Waals surface area contributed by atoms with Gasteiger partial charge in [0.15, 0.2) is 0 Å². The Balaban J connectivity index is 3.45. The first-order valence-corrected chi connectivity index (χ1v) is 5.88. The maximum atomic E-state index is 10.2. The van der Waals surface area contributed by atoms with Gasteiger partial charge in [-0.15, -0.1) is 0 Å². The van der Waals surface area contributed by atoms with Crippen molar-refractivity contribution in [3.63, 3.8) is 0 Å². The fourth-order valence-corrected chi connectivity index (χ4v) is 2.33. The highest BCUT2D eigenvalue weighted by Gasteiger charge is 2.16. The van der Waals surface area contributed by atoms with Gasteiger partial charge in [0.05, 0.1) is 0 Å². The summed E-state index contributed by atoms with van der Waals surface area (Å²) in [5, 5.41) is 9.47. The van der Waals surface area contributed by atoms with E-state index in [9.17, 15) is 4.79 Å². The molecule has 78 valence electrons. The molecule has 2 nitrogen and oxygen atoms in total. The zero-order chi connectivity index (χ0) is 10.3. The molecule has 0 atom stereocenters. The first kappa shape index (κ1) is 12.9. The van der Waals surface area contributed by atoms with Crippen LogP contribution in [0.3, 0.4) is 0 Å². The summed E-state index contributed by atoms with van der Waals surface area (Å²) in [7, 11) is 0. The predicted octanol–water partition coefficient (Wildman–Crippen LogP) is 3.44. The number of carboxylic acid groups (broad SMARTS) is 1. The van der Waals surface area contributed by atoms with Gasteiger partial charge in [-0.2, -0.15) is 0 Å².